The number of hydrogen-bond donors (Lipinski definition) is 4. The maximum atomic E-state index is 15.2. The van der Waals surface area contributed by atoms with Gasteiger partial charge in [-0.3, -0.25) is 29.4 Å². The number of nitrogens with one attached hydrogen (secondary N) is 3. The Balaban J connectivity index is 0.754. The Hall–Kier alpha value is -6.26. The van der Waals surface area contributed by atoms with E-state index in [-0.39, 0.29) is 41.7 Å². The molecule has 5 N–H and O–H groups in total. The van der Waals surface area contributed by atoms with Crippen molar-refractivity contribution in [2.45, 2.75) is 62.7 Å². The molecule has 1 atom stereocenters. The monoisotopic (exact) mass is 772 g/mol. The molecule has 15 nitrogen and oxygen atoms in total. The van der Waals surface area contributed by atoms with Gasteiger partial charge in [0.05, 0.1) is 28.2 Å². The molecule has 4 aliphatic rings. The molecule has 2 saturated heterocycles. The number of nitrogens with two attached hydrogens (primary N) is 1. The second kappa shape index (κ2) is 15.0. The molecule has 3 aromatic carbocycles. The van der Waals surface area contributed by atoms with Gasteiger partial charge in [-0.2, -0.15) is 5.10 Å². The van der Waals surface area contributed by atoms with Gasteiger partial charge < -0.3 is 26.0 Å². The molecule has 1 aliphatic carbocycles. The molecule has 3 aliphatic heterocycles. The molecule has 16 heteroatoms. The van der Waals surface area contributed by atoms with Gasteiger partial charge in [0.25, 0.3) is 11.8 Å². The van der Waals surface area contributed by atoms with Crippen LogP contribution in [0.4, 0.5) is 15.9 Å². The lowest BCUT2D eigenvalue weighted by molar-refractivity contribution is -0.136. The minimum absolute atomic E-state index is 0.0172. The number of ether oxygens (including phenoxy) is 1. The van der Waals surface area contributed by atoms with Crippen LogP contribution >= 0.6 is 0 Å². The van der Waals surface area contributed by atoms with Crippen molar-refractivity contribution in [3.8, 4) is 22.8 Å². The first-order valence-electron chi connectivity index (χ1n) is 19.3. The third-order valence-corrected chi connectivity index (χ3v) is 11.4. The maximum Gasteiger partial charge on any atom is 0.262 e. The van der Waals surface area contributed by atoms with E-state index < -0.39 is 35.5 Å². The van der Waals surface area contributed by atoms with E-state index in [1.165, 1.54) is 12.4 Å². The number of para-hydroxylation sites is 1. The highest BCUT2D eigenvalue weighted by molar-refractivity contribution is 6.23. The van der Waals surface area contributed by atoms with E-state index in [9.17, 15) is 19.2 Å². The van der Waals surface area contributed by atoms with Gasteiger partial charge in [0, 0.05) is 50.2 Å². The lowest BCUT2D eigenvalue weighted by Gasteiger charge is -2.42. The zero-order valence-corrected chi connectivity index (χ0v) is 31.0. The molecule has 5 heterocycles. The van der Waals surface area contributed by atoms with Crippen LogP contribution in [0.5, 0.6) is 11.5 Å². The van der Waals surface area contributed by atoms with Crippen molar-refractivity contribution in [2.75, 3.05) is 36.8 Å². The Morgan fingerprint density at radius 2 is 1.51 bits per heavy atom. The van der Waals surface area contributed by atoms with Gasteiger partial charge in [0.1, 0.15) is 41.2 Å². The molecule has 2 aromatic heterocycles. The molecule has 4 amide bonds. The number of carbonyl (C=O) groups excluding carboxylic acids is 4. The number of imide groups is 2. The summed E-state index contributed by atoms with van der Waals surface area (Å²) >= 11 is 0. The van der Waals surface area contributed by atoms with E-state index in [0.717, 1.165) is 83.5 Å². The minimum Gasteiger partial charge on any atom is -0.457 e. The Bertz CT molecular complexity index is 2380. The van der Waals surface area contributed by atoms with Crippen molar-refractivity contribution in [1.29, 1.82) is 0 Å². The van der Waals surface area contributed by atoms with Crippen LogP contribution in [0.15, 0.2) is 73.1 Å². The van der Waals surface area contributed by atoms with Crippen molar-refractivity contribution in [3.05, 3.63) is 90.0 Å². The Morgan fingerprint density at radius 1 is 0.825 bits per heavy atom. The van der Waals surface area contributed by atoms with Gasteiger partial charge in [0.2, 0.25) is 11.8 Å². The zero-order chi connectivity index (χ0) is 39.2. The van der Waals surface area contributed by atoms with Gasteiger partial charge in [-0.15, -0.1) is 0 Å². The third kappa shape index (κ3) is 6.95. The fourth-order valence-corrected chi connectivity index (χ4v) is 8.36. The summed E-state index contributed by atoms with van der Waals surface area (Å²) in [6.45, 7) is 2.59. The summed E-state index contributed by atoms with van der Waals surface area (Å²) in [5.74, 6) is -1.26. The first kappa shape index (κ1) is 36.4. The molecule has 9 rings (SSSR count). The zero-order valence-electron chi connectivity index (χ0n) is 31.0. The van der Waals surface area contributed by atoms with Crippen LogP contribution in [0.3, 0.4) is 0 Å². The van der Waals surface area contributed by atoms with E-state index in [1.54, 1.807) is 0 Å². The van der Waals surface area contributed by atoms with E-state index in [0.29, 0.717) is 24.9 Å². The van der Waals surface area contributed by atoms with Crippen molar-refractivity contribution in [3.63, 3.8) is 0 Å². The number of nitrogens with zero attached hydrogens (tertiary/aromatic N) is 6. The molecule has 3 fully saturated rings. The fraction of sp³-hybridized carbons (Fsp3) is 0.341. The summed E-state index contributed by atoms with van der Waals surface area (Å²) in [6.07, 6.45) is 5.36. The molecule has 0 unspecified atom stereocenters. The average Bonchev–Trinajstić information content (AvgIpc) is 3.70. The summed E-state index contributed by atoms with van der Waals surface area (Å²) in [4.78, 5) is 61.8. The Labute approximate surface area is 326 Å². The molecule has 5 aromatic rings. The second-order valence-corrected chi connectivity index (χ2v) is 15.0. The number of aromatic nitrogens is 4. The van der Waals surface area contributed by atoms with Crippen molar-refractivity contribution >= 4 is 46.2 Å². The summed E-state index contributed by atoms with van der Waals surface area (Å²) in [6, 6.07) is 19.5. The van der Waals surface area contributed by atoms with Gasteiger partial charge in [0.15, 0.2) is 5.65 Å². The largest absolute Gasteiger partial charge is 0.457 e. The van der Waals surface area contributed by atoms with Gasteiger partial charge >= 0.3 is 0 Å². The molecular formula is C41H41FN10O5. The first-order chi connectivity index (χ1) is 27.7. The fourth-order valence-electron chi connectivity index (χ4n) is 8.36. The number of nitrogen functional groups attached to an aromatic ring is 1. The maximum absolute atomic E-state index is 15.2. The molecule has 0 radical (unpaired) electrons. The highest BCUT2D eigenvalue weighted by Crippen LogP contribution is 2.37. The number of piperidine rings is 1. The molecule has 0 bridgehead atoms. The Kier molecular flexibility index (Phi) is 9.58. The molecule has 292 valence electrons. The summed E-state index contributed by atoms with van der Waals surface area (Å²) in [5.41, 5.74) is 9.01. The lowest BCUT2D eigenvalue weighted by Crippen LogP contribution is -2.59. The molecule has 0 spiro atoms. The SMILES string of the molecule is Nc1ncnc2c1c(-c1ccc(Oc3ccccc3)cc1)nn2C1CCC(NCCNC2CN(c3cc4c(cc3F)C(=O)N([C@H]3CCC(=O)NC3=O)C4=O)C2)CC1. The molecule has 1 saturated carbocycles. The summed E-state index contributed by atoms with van der Waals surface area (Å²) in [7, 11) is 0. The number of benzene rings is 3. The number of anilines is 2. The number of amides is 4. The first-order valence-corrected chi connectivity index (χ1v) is 19.3. The van der Waals surface area contributed by atoms with Gasteiger partial charge in [-0.1, -0.05) is 18.2 Å². The predicted octanol–water partition coefficient (Wildman–Crippen LogP) is 3.96. The van der Waals surface area contributed by atoms with Crippen LogP contribution in [0.2, 0.25) is 0 Å². The number of rotatable bonds is 11. The minimum atomic E-state index is -1.10. The smallest absolute Gasteiger partial charge is 0.262 e. The normalized spacial score (nSPS) is 21.2. The van der Waals surface area contributed by atoms with Crippen molar-refractivity contribution < 1.29 is 28.3 Å². The summed E-state index contributed by atoms with van der Waals surface area (Å²) < 4.78 is 23.2. The highest BCUT2D eigenvalue weighted by atomic mass is 19.1. The average molecular weight is 773 g/mol. The Morgan fingerprint density at radius 3 is 2.23 bits per heavy atom. The predicted molar refractivity (Wildman–Crippen MR) is 208 cm³/mol. The van der Waals surface area contributed by atoms with Crippen LogP contribution in [0.1, 0.15) is 65.3 Å². The second-order valence-electron chi connectivity index (χ2n) is 15.0. The van der Waals surface area contributed by atoms with E-state index in [4.69, 9.17) is 15.6 Å². The van der Waals surface area contributed by atoms with Crippen molar-refractivity contribution in [1.82, 2.24) is 40.6 Å². The van der Waals surface area contributed by atoms with E-state index >= 15 is 4.39 Å². The highest BCUT2D eigenvalue weighted by Gasteiger charge is 2.45. The quantitative estimate of drug-likeness (QED) is 0.112. The van der Waals surface area contributed by atoms with Crippen LogP contribution < -0.4 is 31.3 Å². The van der Waals surface area contributed by atoms with Crippen LogP contribution in [-0.4, -0.2) is 92.6 Å². The third-order valence-electron chi connectivity index (χ3n) is 11.4. The van der Waals surface area contributed by atoms with Crippen LogP contribution in [-0.2, 0) is 9.59 Å². The molecular weight excluding hydrogens is 732 g/mol. The standard InChI is InChI=1S/C41H41FN10O5/c42-31-18-29-30(41(56)51(40(29)55)32-14-15-34(53)48-39(32)54)19-33(31)50-20-25(21-50)45-17-16-44-24-8-10-26(11-9-24)52-38-35(37(43)46-22-47-38)36(49-52)23-6-12-28(13-7-23)57-27-4-2-1-3-5-27/h1-7,12-13,18-19,22,24-26,32,44-45H,8-11,14-17,20-21H2,(H2,43,46,47)(H,48,53,54)/t24?,26?,32-/m0/s1. The van der Waals surface area contributed by atoms with Gasteiger partial charge in [-0.05, 0) is 80.6 Å². The van der Waals surface area contributed by atoms with Crippen LogP contribution in [0, 0.1) is 5.82 Å². The number of halogens is 1. The summed E-state index contributed by atoms with van der Waals surface area (Å²) in [5, 5.41) is 15.2. The van der Waals surface area contributed by atoms with Crippen LogP contribution in [0.25, 0.3) is 22.3 Å². The number of fused-ring (bicyclic) bond motifs is 2. The van der Waals surface area contributed by atoms with Gasteiger partial charge in [-0.25, -0.2) is 19.0 Å². The number of carbonyl (C=O) groups is 4. The lowest BCUT2D eigenvalue weighted by atomic mass is 9.91. The number of hydrogen-bond acceptors (Lipinski definition) is 12. The van der Waals surface area contributed by atoms with E-state index in [1.807, 2.05) is 64.2 Å². The van der Waals surface area contributed by atoms with Crippen molar-refractivity contribution in [2.24, 2.45) is 0 Å². The van der Waals surface area contributed by atoms with E-state index in [2.05, 4.69) is 25.9 Å². The molecule has 57 heavy (non-hydrogen) atoms. The topological polar surface area (TPSA) is 190 Å².